The zero-order valence-corrected chi connectivity index (χ0v) is 8.43. The maximum atomic E-state index is 10.5. The first-order chi connectivity index (χ1) is 6.38. The lowest BCUT2D eigenvalue weighted by Crippen LogP contribution is -2.34. The SMILES string of the molecule is CC(C)(C)[B]c1nnnn1CC(=O)O. The summed E-state index contributed by atoms with van der Waals surface area (Å²) in [7, 11) is 1.83. The molecule has 1 radical (unpaired) electrons. The molecule has 1 rings (SSSR count). The number of aliphatic carboxylic acids is 1. The summed E-state index contributed by atoms with van der Waals surface area (Å²) in [5.41, 5.74) is 0.486. The third kappa shape index (κ3) is 3.16. The molecule has 0 aromatic carbocycles. The van der Waals surface area contributed by atoms with Crippen LogP contribution < -0.4 is 5.72 Å². The van der Waals surface area contributed by atoms with Crippen LogP contribution in [0.2, 0.25) is 5.31 Å². The van der Waals surface area contributed by atoms with Gasteiger partial charge in [-0.2, -0.15) is 0 Å². The summed E-state index contributed by atoms with van der Waals surface area (Å²) in [6, 6.07) is 0. The zero-order chi connectivity index (χ0) is 10.8. The van der Waals surface area contributed by atoms with Crippen molar-refractivity contribution < 1.29 is 9.90 Å². The first-order valence-corrected chi connectivity index (χ1v) is 4.22. The Morgan fingerprint density at radius 2 is 2.21 bits per heavy atom. The first-order valence-electron chi connectivity index (χ1n) is 4.22. The first kappa shape index (κ1) is 10.7. The lowest BCUT2D eigenvalue weighted by atomic mass is 9.55. The lowest BCUT2D eigenvalue weighted by molar-refractivity contribution is -0.137. The molecule has 1 N–H and O–H groups in total. The van der Waals surface area contributed by atoms with Gasteiger partial charge in [0, 0.05) is 0 Å². The Morgan fingerprint density at radius 1 is 1.57 bits per heavy atom. The van der Waals surface area contributed by atoms with Crippen molar-refractivity contribution in [2.24, 2.45) is 0 Å². The van der Waals surface area contributed by atoms with Crippen LogP contribution in [0.1, 0.15) is 20.8 Å². The van der Waals surface area contributed by atoms with Gasteiger partial charge in [0.25, 0.3) is 0 Å². The van der Waals surface area contributed by atoms with Crippen molar-refractivity contribution in [3.8, 4) is 0 Å². The molecule has 1 aromatic heterocycles. The Morgan fingerprint density at radius 3 is 2.71 bits per heavy atom. The molecule has 0 bridgehead atoms. The second-order valence-electron chi connectivity index (χ2n) is 4.10. The fraction of sp³-hybridized carbons (Fsp3) is 0.714. The topological polar surface area (TPSA) is 80.9 Å². The molecule has 1 heterocycles. The van der Waals surface area contributed by atoms with E-state index >= 15 is 0 Å². The van der Waals surface area contributed by atoms with Gasteiger partial charge in [-0.1, -0.05) is 26.1 Å². The molecule has 0 fully saturated rings. The summed E-state index contributed by atoms with van der Waals surface area (Å²) in [5.74, 6) is -0.958. The normalized spacial score (nSPS) is 11.4. The van der Waals surface area contributed by atoms with Crippen LogP contribution in [0.5, 0.6) is 0 Å². The third-order valence-corrected chi connectivity index (χ3v) is 1.41. The minimum Gasteiger partial charge on any atom is -0.480 e. The van der Waals surface area contributed by atoms with E-state index in [0.717, 1.165) is 0 Å². The number of tetrazole rings is 1. The van der Waals surface area contributed by atoms with E-state index in [9.17, 15) is 4.79 Å². The van der Waals surface area contributed by atoms with E-state index in [1.807, 2.05) is 28.1 Å². The summed E-state index contributed by atoms with van der Waals surface area (Å²) in [4.78, 5) is 10.5. The second kappa shape index (κ2) is 3.77. The van der Waals surface area contributed by atoms with Crippen molar-refractivity contribution in [1.29, 1.82) is 0 Å². The van der Waals surface area contributed by atoms with E-state index in [-0.39, 0.29) is 11.9 Å². The van der Waals surface area contributed by atoms with Crippen LogP contribution in [0.25, 0.3) is 0 Å². The van der Waals surface area contributed by atoms with Gasteiger partial charge in [-0.25, -0.2) is 4.68 Å². The molecule has 0 aliphatic heterocycles. The maximum absolute atomic E-state index is 10.5. The minimum absolute atomic E-state index is 0.0784. The predicted molar refractivity (Wildman–Crippen MR) is 50.6 cm³/mol. The van der Waals surface area contributed by atoms with E-state index in [0.29, 0.717) is 5.72 Å². The number of aromatic nitrogens is 4. The molecule has 0 unspecified atom stereocenters. The van der Waals surface area contributed by atoms with Crippen molar-refractivity contribution in [2.45, 2.75) is 32.6 Å². The van der Waals surface area contributed by atoms with Crippen molar-refractivity contribution in [1.82, 2.24) is 20.2 Å². The van der Waals surface area contributed by atoms with Gasteiger partial charge in [0.1, 0.15) is 12.3 Å². The van der Waals surface area contributed by atoms with Crippen molar-refractivity contribution in [3.05, 3.63) is 0 Å². The molecular weight excluding hydrogens is 183 g/mol. The van der Waals surface area contributed by atoms with Gasteiger partial charge in [-0.15, -0.1) is 5.10 Å². The number of carboxylic acids is 1. The molecule has 0 spiro atoms. The minimum atomic E-state index is -0.958. The Hall–Kier alpha value is -1.40. The summed E-state index contributed by atoms with van der Waals surface area (Å²) in [6.45, 7) is 5.77. The fourth-order valence-corrected chi connectivity index (χ4v) is 0.943. The highest BCUT2D eigenvalue weighted by Crippen LogP contribution is 2.18. The standard InChI is InChI=1S/C7H12BN4O2/c1-7(2,3)8-6-9-10-11-12(6)4-5(13)14/h4H2,1-3H3,(H,13,14). The average Bonchev–Trinajstić information content (AvgIpc) is 2.32. The van der Waals surface area contributed by atoms with Gasteiger partial charge in [0.15, 0.2) is 0 Å². The highest BCUT2D eigenvalue weighted by molar-refractivity contribution is 6.54. The number of carbonyl (C=O) groups is 1. The molecule has 1 aromatic rings. The molecule has 75 valence electrons. The largest absolute Gasteiger partial charge is 0.480 e. The van der Waals surface area contributed by atoms with Gasteiger partial charge in [-0.3, -0.25) is 4.79 Å². The van der Waals surface area contributed by atoms with Gasteiger partial charge in [0.05, 0.1) is 0 Å². The van der Waals surface area contributed by atoms with E-state index in [1.165, 1.54) is 4.68 Å². The molecule has 0 aliphatic rings. The predicted octanol–water partition coefficient (Wildman–Crippen LogP) is -0.694. The van der Waals surface area contributed by atoms with Crippen molar-refractivity contribution in [2.75, 3.05) is 0 Å². The smallest absolute Gasteiger partial charge is 0.325 e. The fourth-order valence-electron chi connectivity index (χ4n) is 0.943. The molecule has 6 nitrogen and oxygen atoms in total. The Balaban J connectivity index is 2.77. The molecule has 0 saturated carbocycles. The Labute approximate surface area is 82.5 Å². The lowest BCUT2D eigenvalue weighted by Gasteiger charge is -2.14. The van der Waals surface area contributed by atoms with Crippen LogP contribution in [0.3, 0.4) is 0 Å². The molecule has 0 atom stereocenters. The second-order valence-corrected chi connectivity index (χ2v) is 4.10. The summed E-state index contributed by atoms with van der Waals surface area (Å²) in [5, 5.41) is 19.2. The van der Waals surface area contributed by atoms with Crippen LogP contribution in [0, 0.1) is 0 Å². The van der Waals surface area contributed by atoms with Crippen LogP contribution >= 0.6 is 0 Å². The summed E-state index contributed by atoms with van der Waals surface area (Å²) < 4.78 is 1.26. The number of hydrogen-bond donors (Lipinski definition) is 1. The van der Waals surface area contributed by atoms with Crippen LogP contribution in [-0.4, -0.2) is 38.6 Å². The Bertz CT molecular complexity index is 331. The molecule has 14 heavy (non-hydrogen) atoms. The average molecular weight is 195 g/mol. The molecule has 0 saturated heterocycles. The number of nitrogens with zero attached hydrogens (tertiary/aromatic N) is 4. The van der Waals surface area contributed by atoms with E-state index in [2.05, 4.69) is 15.5 Å². The van der Waals surface area contributed by atoms with Crippen molar-refractivity contribution in [3.63, 3.8) is 0 Å². The number of carboxylic acid groups (broad SMARTS) is 1. The van der Waals surface area contributed by atoms with Gasteiger partial charge in [0.2, 0.25) is 7.28 Å². The van der Waals surface area contributed by atoms with E-state index in [4.69, 9.17) is 5.11 Å². The van der Waals surface area contributed by atoms with Crippen molar-refractivity contribution >= 4 is 19.0 Å². The quantitative estimate of drug-likeness (QED) is 0.645. The molecular formula is C7H12BN4O2. The molecule has 0 aliphatic carbocycles. The number of hydrogen-bond acceptors (Lipinski definition) is 4. The van der Waals surface area contributed by atoms with E-state index < -0.39 is 5.97 Å². The molecule has 0 amide bonds. The maximum Gasteiger partial charge on any atom is 0.325 e. The van der Waals surface area contributed by atoms with Gasteiger partial charge >= 0.3 is 5.97 Å². The van der Waals surface area contributed by atoms with Gasteiger partial charge in [-0.05, 0) is 10.4 Å². The van der Waals surface area contributed by atoms with Gasteiger partial charge < -0.3 is 5.11 Å². The Kier molecular flexibility index (Phi) is 2.88. The summed E-state index contributed by atoms with van der Waals surface area (Å²) in [6.07, 6.45) is 0. The van der Waals surface area contributed by atoms with E-state index in [1.54, 1.807) is 0 Å². The molecule has 7 heteroatoms. The number of rotatable bonds is 3. The van der Waals surface area contributed by atoms with Crippen LogP contribution in [0.4, 0.5) is 0 Å². The monoisotopic (exact) mass is 195 g/mol. The highest BCUT2D eigenvalue weighted by atomic mass is 16.4. The van der Waals surface area contributed by atoms with Crippen LogP contribution in [0.15, 0.2) is 0 Å². The highest BCUT2D eigenvalue weighted by Gasteiger charge is 2.19. The third-order valence-electron chi connectivity index (χ3n) is 1.41. The van der Waals surface area contributed by atoms with Crippen LogP contribution in [-0.2, 0) is 11.3 Å². The summed E-state index contributed by atoms with van der Waals surface area (Å²) >= 11 is 0. The zero-order valence-electron chi connectivity index (χ0n) is 8.43.